The molecule has 0 spiro atoms. The SMILES string of the molecule is Cc1cccc2sc(NC(=O)c3ccnc(-c4cc(C(=O)Nc5nc6c(C)cccc6s5)ccn4)c3)nc12. The number of fused-ring (bicyclic) bond motifs is 2. The second kappa shape index (κ2) is 9.73. The largest absolute Gasteiger partial charge is 0.298 e. The highest BCUT2D eigenvalue weighted by Gasteiger charge is 2.15. The van der Waals surface area contributed by atoms with Gasteiger partial charge in [-0.1, -0.05) is 46.9 Å². The standard InChI is InChI=1S/C28H20N6O2S2/c1-15-5-3-7-21-23(15)31-27(37-21)33-25(35)17-9-11-29-19(13-17)20-14-18(10-12-30-20)26(36)34-28-32-24-16(2)6-4-8-22(24)38-28/h3-14H,1-2H3,(H,31,33,35)(H,32,34,36). The molecule has 0 fully saturated rings. The Labute approximate surface area is 225 Å². The Kier molecular flexibility index (Phi) is 6.10. The van der Waals surface area contributed by atoms with E-state index in [9.17, 15) is 9.59 Å². The third kappa shape index (κ3) is 4.62. The van der Waals surface area contributed by atoms with Crippen molar-refractivity contribution in [3.8, 4) is 11.4 Å². The lowest BCUT2D eigenvalue weighted by Gasteiger charge is -2.06. The maximum absolute atomic E-state index is 13.0. The highest BCUT2D eigenvalue weighted by Crippen LogP contribution is 2.29. The lowest BCUT2D eigenvalue weighted by molar-refractivity contribution is 0.101. The summed E-state index contributed by atoms with van der Waals surface area (Å²) in [6, 6.07) is 18.4. The summed E-state index contributed by atoms with van der Waals surface area (Å²) in [4.78, 5) is 43.8. The number of amides is 2. The predicted octanol–water partition coefficient (Wildman–Crippen LogP) is 6.48. The number of hydrogen-bond donors (Lipinski definition) is 2. The van der Waals surface area contributed by atoms with Gasteiger partial charge in [-0.25, -0.2) is 9.97 Å². The molecule has 38 heavy (non-hydrogen) atoms. The van der Waals surface area contributed by atoms with Crippen LogP contribution < -0.4 is 10.6 Å². The van der Waals surface area contributed by atoms with Gasteiger partial charge in [0.15, 0.2) is 10.3 Å². The number of carbonyl (C=O) groups excluding carboxylic acids is 2. The van der Waals surface area contributed by atoms with Gasteiger partial charge in [0.25, 0.3) is 11.8 Å². The van der Waals surface area contributed by atoms with Crippen LogP contribution in [-0.2, 0) is 0 Å². The van der Waals surface area contributed by atoms with Crippen LogP contribution in [0.5, 0.6) is 0 Å². The molecule has 6 aromatic rings. The number of aromatic nitrogens is 4. The van der Waals surface area contributed by atoms with Gasteiger partial charge < -0.3 is 0 Å². The average Bonchev–Trinajstić information content (AvgIpc) is 3.54. The summed E-state index contributed by atoms with van der Waals surface area (Å²) >= 11 is 2.85. The zero-order valence-electron chi connectivity index (χ0n) is 20.4. The second-order valence-electron chi connectivity index (χ2n) is 8.65. The summed E-state index contributed by atoms with van der Waals surface area (Å²) in [6.07, 6.45) is 3.09. The molecule has 0 bridgehead atoms. The van der Waals surface area contributed by atoms with E-state index in [1.54, 1.807) is 36.7 Å². The minimum atomic E-state index is -0.301. The van der Waals surface area contributed by atoms with Crippen LogP contribution in [0.4, 0.5) is 10.3 Å². The number of thiazole rings is 2. The number of para-hydroxylation sites is 2. The molecular weight excluding hydrogens is 516 g/mol. The van der Waals surface area contributed by atoms with Crippen molar-refractivity contribution in [2.75, 3.05) is 10.6 Å². The fourth-order valence-electron chi connectivity index (χ4n) is 4.04. The fourth-order valence-corrected chi connectivity index (χ4v) is 5.92. The molecular formula is C28H20N6O2S2. The maximum Gasteiger partial charge on any atom is 0.257 e. The van der Waals surface area contributed by atoms with Crippen LogP contribution in [0, 0.1) is 13.8 Å². The average molecular weight is 537 g/mol. The lowest BCUT2D eigenvalue weighted by Crippen LogP contribution is -2.13. The van der Waals surface area contributed by atoms with E-state index in [0.717, 1.165) is 31.6 Å². The van der Waals surface area contributed by atoms with Crippen LogP contribution >= 0.6 is 22.7 Å². The van der Waals surface area contributed by atoms with Crippen molar-refractivity contribution in [1.82, 2.24) is 19.9 Å². The van der Waals surface area contributed by atoms with Crippen LogP contribution in [0.15, 0.2) is 73.1 Å². The number of nitrogens with one attached hydrogen (secondary N) is 2. The van der Waals surface area contributed by atoms with Crippen molar-refractivity contribution < 1.29 is 9.59 Å². The number of hydrogen-bond acceptors (Lipinski definition) is 8. The molecule has 8 nitrogen and oxygen atoms in total. The highest BCUT2D eigenvalue weighted by molar-refractivity contribution is 7.22. The molecule has 10 heteroatoms. The number of anilines is 2. The fraction of sp³-hybridized carbons (Fsp3) is 0.0714. The minimum absolute atomic E-state index is 0.301. The second-order valence-corrected chi connectivity index (χ2v) is 10.7. The van der Waals surface area contributed by atoms with Gasteiger partial charge in [-0.15, -0.1) is 0 Å². The van der Waals surface area contributed by atoms with E-state index in [-0.39, 0.29) is 11.8 Å². The van der Waals surface area contributed by atoms with Gasteiger partial charge in [0.2, 0.25) is 0 Å². The van der Waals surface area contributed by atoms with E-state index >= 15 is 0 Å². The van der Waals surface area contributed by atoms with E-state index in [1.807, 2.05) is 50.2 Å². The first-order chi connectivity index (χ1) is 18.4. The molecule has 0 saturated carbocycles. The van der Waals surface area contributed by atoms with Gasteiger partial charge in [-0.3, -0.25) is 30.2 Å². The molecule has 4 heterocycles. The lowest BCUT2D eigenvalue weighted by atomic mass is 10.1. The number of nitrogens with zero attached hydrogens (tertiary/aromatic N) is 4. The molecule has 0 saturated heterocycles. The van der Waals surface area contributed by atoms with Crippen LogP contribution in [0.1, 0.15) is 31.8 Å². The Balaban J connectivity index is 1.21. The summed E-state index contributed by atoms with van der Waals surface area (Å²) in [7, 11) is 0. The molecule has 2 aromatic carbocycles. The molecule has 6 rings (SSSR count). The number of aryl methyl sites for hydroxylation is 2. The third-order valence-corrected chi connectivity index (χ3v) is 7.86. The molecule has 0 radical (unpaired) electrons. The van der Waals surface area contributed by atoms with Gasteiger partial charge in [0, 0.05) is 23.5 Å². The van der Waals surface area contributed by atoms with Gasteiger partial charge in [-0.2, -0.15) is 0 Å². The molecule has 0 aliphatic rings. The van der Waals surface area contributed by atoms with Crippen molar-refractivity contribution in [1.29, 1.82) is 0 Å². The van der Waals surface area contributed by atoms with Crippen LogP contribution in [0.25, 0.3) is 31.8 Å². The third-order valence-electron chi connectivity index (χ3n) is 5.99. The molecule has 0 aliphatic heterocycles. The van der Waals surface area contributed by atoms with Crippen LogP contribution in [-0.4, -0.2) is 31.8 Å². The van der Waals surface area contributed by atoms with E-state index in [2.05, 4.69) is 30.6 Å². The minimum Gasteiger partial charge on any atom is -0.298 e. The van der Waals surface area contributed by atoms with Crippen molar-refractivity contribution in [3.63, 3.8) is 0 Å². The molecule has 0 unspecified atom stereocenters. The summed E-state index contributed by atoms with van der Waals surface area (Å²) < 4.78 is 2.02. The van der Waals surface area contributed by atoms with Crippen molar-refractivity contribution in [2.24, 2.45) is 0 Å². The summed E-state index contributed by atoms with van der Waals surface area (Å²) in [6.45, 7) is 3.98. The monoisotopic (exact) mass is 536 g/mol. The Hall–Kier alpha value is -4.54. The zero-order valence-corrected chi connectivity index (χ0v) is 22.0. The molecule has 4 aromatic heterocycles. The molecule has 2 N–H and O–H groups in total. The maximum atomic E-state index is 13.0. The van der Waals surface area contributed by atoms with Gasteiger partial charge >= 0.3 is 0 Å². The zero-order chi connectivity index (χ0) is 26.2. The number of carbonyl (C=O) groups is 2. The Morgan fingerprint density at radius 2 is 1.11 bits per heavy atom. The Morgan fingerprint density at radius 1 is 0.658 bits per heavy atom. The van der Waals surface area contributed by atoms with Crippen LogP contribution in [0.2, 0.25) is 0 Å². The first kappa shape index (κ1) is 23.8. The quantitative estimate of drug-likeness (QED) is 0.261. The van der Waals surface area contributed by atoms with Gasteiger partial charge in [0.1, 0.15) is 0 Å². The summed E-state index contributed by atoms with van der Waals surface area (Å²) in [5.41, 5.74) is 5.63. The van der Waals surface area contributed by atoms with Crippen LogP contribution in [0.3, 0.4) is 0 Å². The normalized spacial score (nSPS) is 11.1. The first-order valence-corrected chi connectivity index (χ1v) is 13.4. The topological polar surface area (TPSA) is 110 Å². The summed E-state index contributed by atoms with van der Waals surface area (Å²) in [5, 5.41) is 6.81. The highest BCUT2D eigenvalue weighted by atomic mass is 32.1. The molecule has 0 aliphatic carbocycles. The van der Waals surface area contributed by atoms with E-state index in [1.165, 1.54) is 22.7 Å². The molecule has 186 valence electrons. The molecule has 0 atom stereocenters. The number of pyridine rings is 2. The van der Waals surface area contributed by atoms with Crippen molar-refractivity contribution >= 4 is 65.2 Å². The van der Waals surface area contributed by atoms with E-state index < -0.39 is 0 Å². The van der Waals surface area contributed by atoms with E-state index in [4.69, 9.17) is 0 Å². The Morgan fingerprint density at radius 3 is 1.53 bits per heavy atom. The molecule has 2 amide bonds. The van der Waals surface area contributed by atoms with Crippen molar-refractivity contribution in [3.05, 3.63) is 95.3 Å². The predicted molar refractivity (Wildman–Crippen MR) is 152 cm³/mol. The van der Waals surface area contributed by atoms with Gasteiger partial charge in [0.05, 0.1) is 31.8 Å². The number of rotatable bonds is 5. The first-order valence-electron chi connectivity index (χ1n) is 11.7. The number of benzene rings is 2. The van der Waals surface area contributed by atoms with E-state index in [0.29, 0.717) is 32.8 Å². The Bertz CT molecular complexity index is 1720. The smallest absolute Gasteiger partial charge is 0.257 e. The van der Waals surface area contributed by atoms with Gasteiger partial charge in [-0.05, 0) is 61.4 Å². The summed E-state index contributed by atoms with van der Waals surface area (Å²) in [5.74, 6) is -0.601. The van der Waals surface area contributed by atoms with Crippen molar-refractivity contribution in [2.45, 2.75) is 13.8 Å².